The third kappa shape index (κ3) is 2.87. The first kappa shape index (κ1) is 13.8. The van der Waals surface area contributed by atoms with Crippen molar-refractivity contribution in [2.75, 3.05) is 26.2 Å². The van der Waals surface area contributed by atoms with Gasteiger partial charge in [0.2, 0.25) is 0 Å². The van der Waals surface area contributed by atoms with Gasteiger partial charge in [-0.1, -0.05) is 22.0 Å². The van der Waals surface area contributed by atoms with E-state index in [9.17, 15) is 13.2 Å². The largest absolute Gasteiger partial charge is 0.314 e. The van der Waals surface area contributed by atoms with Gasteiger partial charge in [0, 0.05) is 36.2 Å². The molecule has 100 valence electrons. The van der Waals surface area contributed by atoms with Gasteiger partial charge in [-0.05, 0) is 12.1 Å². The summed E-state index contributed by atoms with van der Waals surface area (Å²) < 4.78 is 40.8. The average molecular weight is 323 g/mol. The molecule has 0 spiro atoms. The van der Waals surface area contributed by atoms with E-state index in [-0.39, 0.29) is 5.56 Å². The number of rotatable bonds is 3. The van der Waals surface area contributed by atoms with E-state index in [0.717, 1.165) is 0 Å². The molecule has 1 fully saturated rings. The number of nitrogens with one attached hydrogen (secondary N) is 1. The first-order valence-corrected chi connectivity index (χ1v) is 6.57. The van der Waals surface area contributed by atoms with Crippen LogP contribution in [0.2, 0.25) is 0 Å². The number of alkyl halides is 2. The molecule has 1 saturated heterocycles. The molecule has 0 bridgehead atoms. The predicted octanol–water partition coefficient (Wildman–Crippen LogP) is 2.80. The summed E-state index contributed by atoms with van der Waals surface area (Å²) in [5, 5.41) is 3.10. The van der Waals surface area contributed by atoms with Crippen LogP contribution in [0.3, 0.4) is 0 Å². The predicted molar refractivity (Wildman–Crippen MR) is 67.3 cm³/mol. The standard InChI is InChI=1S/C12H14BrF3N2/c13-8-2-1-3-9(14)10(8)11(12(15)16)18-6-4-17-5-7-18/h1-3,11-12,17H,4-7H2/t11-/m0/s1. The fourth-order valence-electron chi connectivity index (χ4n) is 2.22. The molecule has 0 aromatic heterocycles. The van der Waals surface area contributed by atoms with Crippen LogP contribution in [0.4, 0.5) is 13.2 Å². The Morgan fingerprint density at radius 3 is 2.44 bits per heavy atom. The van der Waals surface area contributed by atoms with E-state index in [1.807, 2.05) is 0 Å². The smallest absolute Gasteiger partial charge is 0.258 e. The van der Waals surface area contributed by atoms with Crippen LogP contribution in [-0.2, 0) is 0 Å². The Labute approximate surface area is 112 Å². The number of hydrogen-bond donors (Lipinski definition) is 1. The van der Waals surface area contributed by atoms with Crippen LogP contribution in [-0.4, -0.2) is 37.5 Å². The van der Waals surface area contributed by atoms with E-state index in [1.165, 1.54) is 12.1 Å². The molecule has 18 heavy (non-hydrogen) atoms. The second kappa shape index (κ2) is 6.04. The van der Waals surface area contributed by atoms with Crippen molar-refractivity contribution in [3.63, 3.8) is 0 Å². The highest BCUT2D eigenvalue weighted by atomic mass is 79.9. The van der Waals surface area contributed by atoms with Crippen LogP contribution in [0, 0.1) is 5.82 Å². The van der Waals surface area contributed by atoms with Gasteiger partial charge in [0.1, 0.15) is 11.9 Å². The monoisotopic (exact) mass is 322 g/mol. The van der Waals surface area contributed by atoms with E-state index in [2.05, 4.69) is 21.2 Å². The molecule has 1 aromatic carbocycles. The molecule has 1 N–H and O–H groups in total. The third-order valence-electron chi connectivity index (χ3n) is 3.08. The molecule has 0 unspecified atom stereocenters. The van der Waals surface area contributed by atoms with Crippen molar-refractivity contribution in [2.45, 2.75) is 12.5 Å². The van der Waals surface area contributed by atoms with Gasteiger partial charge < -0.3 is 5.32 Å². The summed E-state index contributed by atoms with van der Waals surface area (Å²) in [5.74, 6) is -0.590. The van der Waals surface area contributed by atoms with Crippen LogP contribution >= 0.6 is 15.9 Å². The lowest BCUT2D eigenvalue weighted by atomic mass is 10.0. The van der Waals surface area contributed by atoms with Gasteiger partial charge in [-0.2, -0.15) is 0 Å². The first-order chi connectivity index (χ1) is 8.61. The number of piperazine rings is 1. The number of halogens is 4. The van der Waals surface area contributed by atoms with Crippen LogP contribution in [0.5, 0.6) is 0 Å². The lowest BCUT2D eigenvalue weighted by molar-refractivity contribution is 0.0160. The zero-order valence-corrected chi connectivity index (χ0v) is 11.3. The third-order valence-corrected chi connectivity index (χ3v) is 3.77. The van der Waals surface area contributed by atoms with Crippen LogP contribution in [0.1, 0.15) is 11.6 Å². The summed E-state index contributed by atoms with van der Waals surface area (Å²) in [5.41, 5.74) is 0.0504. The topological polar surface area (TPSA) is 15.3 Å². The van der Waals surface area contributed by atoms with Gasteiger partial charge in [0.15, 0.2) is 0 Å². The van der Waals surface area contributed by atoms with Gasteiger partial charge >= 0.3 is 0 Å². The molecular weight excluding hydrogens is 309 g/mol. The second-order valence-corrected chi connectivity index (χ2v) is 5.05. The van der Waals surface area contributed by atoms with Crippen molar-refractivity contribution in [1.29, 1.82) is 0 Å². The van der Waals surface area contributed by atoms with E-state index < -0.39 is 18.3 Å². The molecule has 0 amide bonds. The normalized spacial score (nSPS) is 19.2. The lowest BCUT2D eigenvalue weighted by Crippen LogP contribution is -2.47. The number of nitrogens with zero attached hydrogens (tertiary/aromatic N) is 1. The zero-order valence-electron chi connectivity index (χ0n) is 9.67. The maximum Gasteiger partial charge on any atom is 0.258 e. The maximum atomic E-state index is 13.8. The summed E-state index contributed by atoms with van der Waals surface area (Å²) in [6.45, 7) is 2.29. The molecule has 0 radical (unpaired) electrons. The molecule has 6 heteroatoms. The first-order valence-electron chi connectivity index (χ1n) is 5.78. The van der Waals surface area contributed by atoms with Gasteiger partial charge in [0.05, 0.1) is 0 Å². The average Bonchev–Trinajstić information content (AvgIpc) is 2.34. The van der Waals surface area contributed by atoms with Crippen molar-refractivity contribution in [2.24, 2.45) is 0 Å². The Kier molecular flexibility index (Phi) is 4.64. The fraction of sp³-hybridized carbons (Fsp3) is 0.500. The summed E-state index contributed by atoms with van der Waals surface area (Å²) in [7, 11) is 0. The van der Waals surface area contributed by atoms with Gasteiger partial charge in [-0.15, -0.1) is 0 Å². The minimum Gasteiger partial charge on any atom is -0.314 e. The van der Waals surface area contributed by atoms with E-state index in [1.54, 1.807) is 11.0 Å². The molecule has 1 aliphatic rings. The van der Waals surface area contributed by atoms with Crippen LogP contribution < -0.4 is 5.32 Å². The Morgan fingerprint density at radius 2 is 1.89 bits per heavy atom. The van der Waals surface area contributed by atoms with Gasteiger partial charge in [0.25, 0.3) is 6.43 Å². The Hall–Kier alpha value is -0.590. The van der Waals surface area contributed by atoms with E-state index >= 15 is 0 Å². The highest BCUT2D eigenvalue weighted by Crippen LogP contribution is 2.34. The minimum absolute atomic E-state index is 0.0504. The Bertz CT molecular complexity index is 388. The zero-order chi connectivity index (χ0) is 13.1. The number of hydrogen-bond acceptors (Lipinski definition) is 2. The molecule has 0 aliphatic carbocycles. The molecule has 1 heterocycles. The molecular formula is C12H14BrF3N2. The summed E-state index contributed by atoms with van der Waals surface area (Å²) in [6, 6.07) is 3.12. The van der Waals surface area contributed by atoms with Crippen LogP contribution in [0.15, 0.2) is 22.7 Å². The lowest BCUT2D eigenvalue weighted by Gasteiger charge is -2.35. The maximum absolute atomic E-state index is 13.8. The van der Waals surface area contributed by atoms with Gasteiger partial charge in [-0.25, -0.2) is 13.2 Å². The van der Waals surface area contributed by atoms with Crippen LogP contribution in [0.25, 0.3) is 0 Å². The molecule has 2 nitrogen and oxygen atoms in total. The fourth-order valence-corrected chi connectivity index (χ4v) is 2.80. The highest BCUT2D eigenvalue weighted by molar-refractivity contribution is 9.10. The Balaban J connectivity index is 2.34. The summed E-state index contributed by atoms with van der Waals surface area (Å²) in [4.78, 5) is 1.63. The van der Waals surface area contributed by atoms with Crippen molar-refractivity contribution in [1.82, 2.24) is 10.2 Å². The van der Waals surface area contributed by atoms with E-state index in [4.69, 9.17) is 0 Å². The van der Waals surface area contributed by atoms with Crippen molar-refractivity contribution in [3.05, 3.63) is 34.1 Å². The van der Waals surface area contributed by atoms with Crippen molar-refractivity contribution >= 4 is 15.9 Å². The molecule has 1 aliphatic heterocycles. The Morgan fingerprint density at radius 1 is 1.22 bits per heavy atom. The van der Waals surface area contributed by atoms with Gasteiger partial charge in [-0.3, -0.25) is 4.90 Å². The summed E-state index contributed by atoms with van der Waals surface area (Å²) in [6.07, 6.45) is -2.61. The van der Waals surface area contributed by atoms with Crippen molar-refractivity contribution in [3.8, 4) is 0 Å². The molecule has 1 aromatic rings. The number of benzene rings is 1. The SMILES string of the molecule is Fc1cccc(Br)c1[C@@H](C(F)F)N1CCNCC1. The summed E-state index contributed by atoms with van der Waals surface area (Å²) >= 11 is 3.17. The van der Waals surface area contributed by atoms with Crippen molar-refractivity contribution < 1.29 is 13.2 Å². The molecule has 1 atom stereocenters. The highest BCUT2D eigenvalue weighted by Gasteiger charge is 2.33. The molecule has 0 saturated carbocycles. The minimum atomic E-state index is -2.61. The second-order valence-electron chi connectivity index (χ2n) is 4.20. The molecule has 2 rings (SSSR count). The van der Waals surface area contributed by atoms with E-state index in [0.29, 0.717) is 30.7 Å². The quantitative estimate of drug-likeness (QED) is 0.920.